The number of rotatable bonds is 1. The number of Topliss-reactive ketones (excluding diaryl/α,β-unsaturated/α-hetero) is 1. The van der Waals surface area contributed by atoms with E-state index in [2.05, 4.69) is 0 Å². The maximum Gasteiger partial charge on any atom is 0.204 e. The van der Waals surface area contributed by atoms with Crippen molar-refractivity contribution >= 4 is 5.78 Å². The molecule has 0 unspecified atom stereocenters. The summed E-state index contributed by atoms with van der Waals surface area (Å²) in [4.78, 5) is 10.7. The van der Waals surface area contributed by atoms with Crippen molar-refractivity contribution in [1.82, 2.24) is 0 Å². The lowest BCUT2D eigenvalue weighted by atomic mass is 10.1. The number of ketones is 1. The van der Waals surface area contributed by atoms with Crippen molar-refractivity contribution in [1.29, 1.82) is 0 Å². The van der Waals surface area contributed by atoms with Crippen LogP contribution in [0.25, 0.3) is 0 Å². The standard InChI is InChI=1S/C6H8O4/c7-2-4-1-5(8)6(9)3-10-4/h3-4,7,9H,1-2H2/t4-/m0/s1. The summed E-state index contributed by atoms with van der Waals surface area (Å²) in [5.41, 5.74) is 0. The highest BCUT2D eigenvalue weighted by Gasteiger charge is 2.21. The normalized spacial score (nSPS) is 25.5. The molecule has 1 atom stereocenters. The lowest BCUT2D eigenvalue weighted by molar-refractivity contribution is -0.123. The Hall–Kier alpha value is -1.03. The first-order valence-electron chi connectivity index (χ1n) is 2.92. The number of aliphatic hydroxyl groups excluding tert-OH is 2. The van der Waals surface area contributed by atoms with Gasteiger partial charge in [0.25, 0.3) is 0 Å². The highest BCUT2D eigenvalue weighted by atomic mass is 16.5. The largest absolute Gasteiger partial charge is 0.502 e. The van der Waals surface area contributed by atoms with E-state index in [9.17, 15) is 4.79 Å². The fraction of sp³-hybridized carbons (Fsp3) is 0.500. The molecule has 10 heavy (non-hydrogen) atoms. The number of allylic oxidation sites excluding steroid dienone is 1. The average molecular weight is 144 g/mol. The predicted octanol–water partition coefficient (Wildman–Crippen LogP) is -0.264. The third kappa shape index (κ3) is 1.27. The van der Waals surface area contributed by atoms with Gasteiger partial charge in [0.05, 0.1) is 13.0 Å². The number of hydrogen-bond donors (Lipinski definition) is 2. The number of aliphatic hydroxyl groups is 2. The summed E-state index contributed by atoms with van der Waals surface area (Å²) in [6, 6.07) is 0. The van der Waals surface area contributed by atoms with Gasteiger partial charge in [0.1, 0.15) is 12.4 Å². The van der Waals surface area contributed by atoms with Gasteiger partial charge in [-0.25, -0.2) is 0 Å². The van der Waals surface area contributed by atoms with Crippen LogP contribution in [0.15, 0.2) is 12.0 Å². The Morgan fingerprint density at radius 1 is 1.80 bits per heavy atom. The van der Waals surface area contributed by atoms with E-state index in [0.717, 1.165) is 6.26 Å². The Balaban J connectivity index is 2.59. The summed E-state index contributed by atoms with van der Waals surface area (Å²) in [6.07, 6.45) is 0.536. The molecule has 1 aliphatic heterocycles. The number of carbonyl (C=O) groups is 1. The van der Waals surface area contributed by atoms with Crippen LogP contribution in [-0.2, 0) is 9.53 Å². The van der Waals surface area contributed by atoms with E-state index in [-0.39, 0.29) is 24.6 Å². The molecule has 1 aliphatic rings. The molecule has 0 bridgehead atoms. The average Bonchev–Trinajstić information content (AvgIpc) is 1.95. The van der Waals surface area contributed by atoms with Crippen molar-refractivity contribution in [3.63, 3.8) is 0 Å². The zero-order valence-electron chi connectivity index (χ0n) is 5.28. The fourth-order valence-electron chi connectivity index (χ4n) is 0.693. The molecule has 2 N–H and O–H groups in total. The zero-order chi connectivity index (χ0) is 7.56. The van der Waals surface area contributed by atoms with E-state index in [1.54, 1.807) is 0 Å². The predicted molar refractivity (Wildman–Crippen MR) is 32.3 cm³/mol. The third-order valence-electron chi connectivity index (χ3n) is 1.27. The summed E-state index contributed by atoms with van der Waals surface area (Å²) in [6.45, 7) is -0.199. The van der Waals surface area contributed by atoms with E-state index < -0.39 is 6.10 Å². The Morgan fingerprint density at radius 3 is 3.00 bits per heavy atom. The van der Waals surface area contributed by atoms with E-state index in [1.807, 2.05) is 0 Å². The maximum absolute atomic E-state index is 10.7. The summed E-state index contributed by atoms with van der Waals surface area (Å²) < 4.78 is 4.73. The van der Waals surface area contributed by atoms with Crippen LogP contribution in [0.3, 0.4) is 0 Å². The van der Waals surface area contributed by atoms with Crippen LogP contribution in [0, 0.1) is 0 Å². The molecule has 0 spiro atoms. The number of hydrogen-bond acceptors (Lipinski definition) is 4. The van der Waals surface area contributed by atoms with Crippen LogP contribution in [0.4, 0.5) is 0 Å². The van der Waals surface area contributed by atoms with Crippen molar-refractivity contribution < 1.29 is 19.7 Å². The van der Waals surface area contributed by atoms with Crippen molar-refractivity contribution in [3.8, 4) is 0 Å². The smallest absolute Gasteiger partial charge is 0.204 e. The molecule has 0 saturated heterocycles. The Kier molecular flexibility index (Phi) is 1.91. The molecule has 4 nitrogen and oxygen atoms in total. The monoisotopic (exact) mass is 144 g/mol. The van der Waals surface area contributed by atoms with Gasteiger partial charge in [0.15, 0.2) is 5.76 Å². The lowest BCUT2D eigenvalue weighted by Gasteiger charge is -2.16. The molecule has 0 radical (unpaired) electrons. The molecule has 0 aliphatic carbocycles. The first kappa shape index (κ1) is 7.08. The van der Waals surface area contributed by atoms with Gasteiger partial charge in [-0.2, -0.15) is 0 Å². The van der Waals surface area contributed by atoms with Crippen molar-refractivity contribution in [2.75, 3.05) is 6.61 Å². The first-order valence-corrected chi connectivity index (χ1v) is 2.92. The van der Waals surface area contributed by atoms with E-state index in [4.69, 9.17) is 14.9 Å². The topological polar surface area (TPSA) is 66.8 Å². The van der Waals surface area contributed by atoms with Gasteiger partial charge in [-0.15, -0.1) is 0 Å². The molecular formula is C6H8O4. The highest BCUT2D eigenvalue weighted by molar-refractivity contribution is 5.93. The fourth-order valence-corrected chi connectivity index (χ4v) is 0.693. The summed E-state index contributed by atoms with van der Waals surface area (Å²) >= 11 is 0. The van der Waals surface area contributed by atoms with E-state index in [0.29, 0.717) is 0 Å². The van der Waals surface area contributed by atoms with E-state index in [1.165, 1.54) is 0 Å². The molecule has 56 valence electrons. The molecule has 1 rings (SSSR count). The minimum atomic E-state index is -0.483. The molecule has 4 heteroatoms. The molecular weight excluding hydrogens is 136 g/mol. The van der Waals surface area contributed by atoms with Gasteiger partial charge in [-0.05, 0) is 0 Å². The Bertz CT molecular complexity index is 173. The van der Waals surface area contributed by atoms with Gasteiger partial charge < -0.3 is 14.9 Å². The van der Waals surface area contributed by atoms with E-state index >= 15 is 0 Å². The molecule has 1 heterocycles. The summed E-state index contributed by atoms with van der Waals surface area (Å²) in [5.74, 6) is -0.755. The number of ether oxygens (including phenoxy) is 1. The van der Waals surface area contributed by atoms with Crippen LogP contribution in [0.1, 0.15) is 6.42 Å². The second-order valence-corrected chi connectivity index (χ2v) is 2.07. The van der Waals surface area contributed by atoms with Gasteiger partial charge in [-0.1, -0.05) is 0 Å². The van der Waals surface area contributed by atoms with Crippen LogP contribution in [-0.4, -0.2) is 28.7 Å². The van der Waals surface area contributed by atoms with Crippen LogP contribution in [0.2, 0.25) is 0 Å². The number of carbonyl (C=O) groups excluding carboxylic acids is 1. The Morgan fingerprint density at radius 2 is 2.50 bits per heavy atom. The van der Waals surface area contributed by atoms with Gasteiger partial charge in [0.2, 0.25) is 5.78 Å². The highest BCUT2D eigenvalue weighted by Crippen LogP contribution is 2.10. The van der Waals surface area contributed by atoms with Crippen LogP contribution < -0.4 is 0 Å². The summed E-state index contributed by atoms with van der Waals surface area (Å²) in [5, 5.41) is 17.2. The third-order valence-corrected chi connectivity index (χ3v) is 1.27. The van der Waals surface area contributed by atoms with Crippen molar-refractivity contribution in [3.05, 3.63) is 12.0 Å². The molecule has 0 amide bonds. The quantitative estimate of drug-likeness (QED) is 0.532. The lowest BCUT2D eigenvalue weighted by Crippen LogP contribution is -2.25. The second-order valence-electron chi connectivity index (χ2n) is 2.07. The molecule has 0 fully saturated rings. The maximum atomic E-state index is 10.7. The second kappa shape index (κ2) is 2.70. The van der Waals surface area contributed by atoms with Gasteiger partial charge in [0, 0.05) is 0 Å². The van der Waals surface area contributed by atoms with Gasteiger partial charge in [-0.3, -0.25) is 4.79 Å². The minimum absolute atomic E-state index is 0.0544. The summed E-state index contributed by atoms with van der Waals surface area (Å²) in [7, 11) is 0. The van der Waals surface area contributed by atoms with Crippen molar-refractivity contribution in [2.45, 2.75) is 12.5 Å². The Labute approximate surface area is 57.7 Å². The molecule has 0 saturated carbocycles. The molecule has 0 aromatic carbocycles. The molecule has 0 aromatic rings. The SMILES string of the molecule is O=C1C[C@@H](CO)OC=C1O. The zero-order valence-corrected chi connectivity index (χ0v) is 5.28. The first-order chi connectivity index (χ1) is 4.74. The van der Waals surface area contributed by atoms with Crippen molar-refractivity contribution in [2.24, 2.45) is 0 Å². The minimum Gasteiger partial charge on any atom is -0.502 e. The van der Waals surface area contributed by atoms with Crippen LogP contribution in [0.5, 0.6) is 0 Å². The van der Waals surface area contributed by atoms with Gasteiger partial charge >= 0.3 is 0 Å². The van der Waals surface area contributed by atoms with Crippen LogP contribution >= 0.6 is 0 Å². The molecule has 0 aromatic heterocycles.